The number of hydrogen-bond donors (Lipinski definition) is 2. The second-order valence-corrected chi connectivity index (χ2v) is 4.69. The Labute approximate surface area is 88.5 Å². The lowest BCUT2D eigenvalue weighted by Crippen LogP contribution is -2.21. The summed E-state index contributed by atoms with van der Waals surface area (Å²) in [6, 6.07) is 0. The molecule has 0 aliphatic carbocycles. The summed E-state index contributed by atoms with van der Waals surface area (Å²) in [5.74, 6) is 0. The van der Waals surface area contributed by atoms with Crippen LogP contribution in [0.2, 0.25) is 0 Å². The standard InChI is InChI=1S/C9H19IO2/c1-2-3-4-5-9(12)8(10)6-7-11/h8-9,11-12H,2-7H2,1H3/t8-,9-/m1/s1. The van der Waals surface area contributed by atoms with Crippen LogP contribution in [-0.2, 0) is 0 Å². The summed E-state index contributed by atoms with van der Waals surface area (Å²) in [5.41, 5.74) is 0. The lowest BCUT2D eigenvalue weighted by Gasteiger charge is -2.15. The second kappa shape index (κ2) is 8.26. The highest BCUT2D eigenvalue weighted by Gasteiger charge is 2.13. The Bertz CT molecular complexity index is 98.5. The van der Waals surface area contributed by atoms with Crippen molar-refractivity contribution in [2.24, 2.45) is 0 Å². The molecule has 0 heterocycles. The molecule has 0 saturated heterocycles. The van der Waals surface area contributed by atoms with E-state index >= 15 is 0 Å². The summed E-state index contributed by atoms with van der Waals surface area (Å²) >= 11 is 2.21. The van der Waals surface area contributed by atoms with Crippen molar-refractivity contribution in [2.75, 3.05) is 6.61 Å². The Morgan fingerprint density at radius 1 is 1.25 bits per heavy atom. The lowest BCUT2D eigenvalue weighted by molar-refractivity contribution is 0.149. The van der Waals surface area contributed by atoms with Gasteiger partial charge in [-0.15, -0.1) is 0 Å². The maximum atomic E-state index is 9.56. The number of aliphatic hydroxyl groups is 2. The molecule has 0 bridgehead atoms. The maximum absolute atomic E-state index is 9.56. The predicted molar refractivity (Wildman–Crippen MR) is 59.7 cm³/mol. The van der Waals surface area contributed by atoms with Crippen molar-refractivity contribution in [3.8, 4) is 0 Å². The van der Waals surface area contributed by atoms with E-state index in [9.17, 15) is 5.11 Å². The van der Waals surface area contributed by atoms with Gasteiger partial charge in [-0.3, -0.25) is 0 Å². The molecule has 12 heavy (non-hydrogen) atoms. The van der Waals surface area contributed by atoms with E-state index in [-0.39, 0.29) is 16.6 Å². The van der Waals surface area contributed by atoms with Crippen molar-refractivity contribution >= 4 is 22.6 Å². The topological polar surface area (TPSA) is 40.5 Å². The van der Waals surface area contributed by atoms with Crippen molar-refractivity contribution in [3.63, 3.8) is 0 Å². The molecule has 2 nitrogen and oxygen atoms in total. The Kier molecular flexibility index (Phi) is 8.70. The number of halogens is 1. The van der Waals surface area contributed by atoms with Crippen molar-refractivity contribution in [2.45, 2.75) is 49.1 Å². The Balaban J connectivity index is 3.35. The quantitative estimate of drug-likeness (QED) is 0.427. The van der Waals surface area contributed by atoms with Gasteiger partial charge in [-0.2, -0.15) is 0 Å². The van der Waals surface area contributed by atoms with Gasteiger partial charge in [-0.25, -0.2) is 0 Å². The Morgan fingerprint density at radius 2 is 1.92 bits per heavy atom. The van der Waals surface area contributed by atoms with Crippen LogP contribution < -0.4 is 0 Å². The van der Waals surface area contributed by atoms with E-state index in [0.717, 1.165) is 12.8 Å². The van der Waals surface area contributed by atoms with E-state index in [2.05, 4.69) is 29.5 Å². The molecule has 0 aromatic rings. The molecule has 0 fully saturated rings. The highest BCUT2D eigenvalue weighted by Crippen LogP contribution is 2.16. The van der Waals surface area contributed by atoms with Crippen LogP contribution in [0.1, 0.15) is 39.0 Å². The van der Waals surface area contributed by atoms with Crippen LogP contribution in [0.4, 0.5) is 0 Å². The van der Waals surface area contributed by atoms with Gasteiger partial charge >= 0.3 is 0 Å². The first-order valence-corrected chi connectivity index (χ1v) is 5.90. The van der Waals surface area contributed by atoms with Crippen molar-refractivity contribution < 1.29 is 10.2 Å². The van der Waals surface area contributed by atoms with Gasteiger partial charge in [0.2, 0.25) is 0 Å². The fraction of sp³-hybridized carbons (Fsp3) is 1.00. The third-order valence-electron chi connectivity index (χ3n) is 1.93. The maximum Gasteiger partial charge on any atom is 0.0658 e. The van der Waals surface area contributed by atoms with Gasteiger partial charge in [0.1, 0.15) is 0 Å². The van der Waals surface area contributed by atoms with Crippen LogP contribution in [0.3, 0.4) is 0 Å². The van der Waals surface area contributed by atoms with Crippen LogP contribution in [0.25, 0.3) is 0 Å². The van der Waals surface area contributed by atoms with Gasteiger partial charge in [0.15, 0.2) is 0 Å². The van der Waals surface area contributed by atoms with Gasteiger partial charge < -0.3 is 10.2 Å². The largest absolute Gasteiger partial charge is 0.396 e. The number of alkyl halides is 1. The molecule has 0 aliphatic heterocycles. The number of aliphatic hydroxyl groups excluding tert-OH is 2. The van der Waals surface area contributed by atoms with Gasteiger partial charge in [0.05, 0.1) is 6.10 Å². The molecule has 0 saturated carbocycles. The zero-order valence-electron chi connectivity index (χ0n) is 7.67. The summed E-state index contributed by atoms with van der Waals surface area (Å²) in [6.45, 7) is 2.33. The summed E-state index contributed by atoms with van der Waals surface area (Å²) in [5, 5.41) is 18.2. The van der Waals surface area contributed by atoms with E-state index in [1.165, 1.54) is 12.8 Å². The zero-order valence-corrected chi connectivity index (χ0v) is 9.83. The van der Waals surface area contributed by atoms with E-state index < -0.39 is 0 Å². The molecule has 0 aliphatic rings. The van der Waals surface area contributed by atoms with Gasteiger partial charge in [0.25, 0.3) is 0 Å². The summed E-state index contributed by atoms with van der Waals surface area (Å²) in [6.07, 6.45) is 4.83. The van der Waals surface area contributed by atoms with Crippen LogP contribution in [0.5, 0.6) is 0 Å². The molecule has 0 amide bonds. The molecule has 0 spiro atoms. The second-order valence-electron chi connectivity index (χ2n) is 3.09. The van der Waals surface area contributed by atoms with Crippen LogP contribution >= 0.6 is 22.6 Å². The monoisotopic (exact) mass is 286 g/mol. The van der Waals surface area contributed by atoms with Crippen LogP contribution in [-0.4, -0.2) is 26.8 Å². The number of unbranched alkanes of at least 4 members (excludes halogenated alkanes) is 2. The molecule has 3 heteroatoms. The fourth-order valence-electron chi connectivity index (χ4n) is 1.10. The number of rotatable bonds is 7. The molecular formula is C9H19IO2. The summed E-state index contributed by atoms with van der Waals surface area (Å²) < 4.78 is 0.212. The van der Waals surface area contributed by atoms with E-state index in [0.29, 0.717) is 6.42 Å². The van der Waals surface area contributed by atoms with E-state index in [4.69, 9.17) is 5.11 Å². The normalized spacial score (nSPS) is 16.0. The first-order valence-electron chi connectivity index (χ1n) is 4.65. The fourth-order valence-corrected chi connectivity index (χ4v) is 1.74. The van der Waals surface area contributed by atoms with Crippen molar-refractivity contribution in [1.82, 2.24) is 0 Å². The first-order chi connectivity index (χ1) is 5.72. The summed E-state index contributed by atoms with van der Waals surface area (Å²) in [7, 11) is 0. The molecule has 0 aromatic carbocycles. The molecule has 0 aromatic heterocycles. The first kappa shape index (κ1) is 12.7. The van der Waals surface area contributed by atoms with Crippen molar-refractivity contribution in [3.05, 3.63) is 0 Å². The van der Waals surface area contributed by atoms with Gasteiger partial charge in [-0.1, -0.05) is 48.8 Å². The molecule has 2 atom stereocenters. The lowest BCUT2D eigenvalue weighted by atomic mass is 10.1. The average Bonchev–Trinajstić information content (AvgIpc) is 2.05. The highest BCUT2D eigenvalue weighted by molar-refractivity contribution is 14.1. The molecule has 2 N–H and O–H groups in total. The van der Waals surface area contributed by atoms with E-state index in [1.54, 1.807) is 0 Å². The third kappa shape index (κ3) is 6.20. The molecule has 0 unspecified atom stereocenters. The smallest absolute Gasteiger partial charge is 0.0658 e. The number of hydrogen-bond acceptors (Lipinski definition) is 2. The van der Waals surface area contributed by atoms with E-state index in [1.807, 2.05) is 0 Å². The van der Waals surface area contributed by atoms with Gasteiger partial charge in [-0.05, 0) is 12.8 Å². The van der Waals surface area contributed by atoms with Crippen LogP contribution in [0.15, 0.2) is 0 Å². The molecule has 0 radical (unpaired) electrons. The predicted octanol–water partition coefficient (Wildman–Crippen LogP) is 2.11. The zero-order chi connectivity index (χ0) is 9.40. The minimum absolute atomic E-state index is 0.179. The van der Waals surface area contributed by atoms with Gasteiger partial charge in [0, 0.05) is 10.5 Å². The van der Waals surface area contributed by atoms with Crippen LogP contribution in [0, 0.1) is 0 Å². The molecule has 0 rings (SSSR count). The SMILES string of the molecule is CCCCC[C@@H](O)[C@H](I)CCO. The minimum Gasteiger partial charge on any atom is -0.396 e. The van der Waals surface area contributed by atoms with Crippen molar-refractivity contribution in [1.29, 1.82) is 0 Å². The Morgan fingerprint density at radius 3 is 2.42 bits per heavy atom. The highest BCUT2D eigenvalue weighted by atomic mass is 127. The summed E-state index contributed by atoms with van der Waals surface area (Å²) in [4.78, 5) is 0. The Hall–Kier alpha value is 0.650. The third-order valence-corrected chi connectivity index (χ3v) is 3.38. The molecular weight excluding hydrogens is 267 g/mol. The minimum atomic E-state index is -0.232. The molecule has 74 valence electrons. The average molecular weight is 286 g/mol.